The second kappa shape index (κ2) is 6.71. The van der Waals surface area contributed by atoms with E-state index in [2.05, 4.69) is 48.1 Å². The van der Waals surface area contributed by atoms with Crippen molar-refractivity contribution in [3.05, 3.63) is 27.1 Å². The fraction of sp³-hybridized carbons (Fsp3) is 0.273. The van der Waals surface area contributed by atoms with Gasteiger partial charge in [-0.15, -0.1) is 0 Å². The van der Waals surface area contributed by atoms with E-state index in [1.165, 1.54) is 17.8 Å². The second-order valence-electron chi connectivity index (χ2n) is 3.85. The number of hydrogen-bond donors (Lipinski definition) is 3. The summed E-state index contributed by atoms with van der Waals surface area (Å²) in [5, 5.41) is 4.13. The van der Waals surface area contributed by atoms with Crippen molar-refractivity contribution < 1.29 is 0 Å². The number of nitrogens with zero attached hydrogens (tertiary/aromatic N) is 3. The van der Waals surface area contributed by atoms with Gasteiger partial charge in [-0.1, -0.05) is 6.92 Å². The maximum atomic E-state index is 11.3. The lowest BCUT2D eigenvalue weighted by atomic mass is 10.5. The summed E-state index contributed by atoms with van der Waals surface area (Å²) in [5.41, 5.74) is 5.25. The number of nitrogens with one attached hydrogen (secondary N) is 2. The molecule has 0 aromatic carbocycles. The van der Waals surface area contributed by atoms with Gasteiger partial charge < -0.3 is 16.0 Å². The molecule has 9 heteroatoms. The molecule has 2 heterocycles. The number of anilines is 2. The Hall–Kier alpha value is -1.61. The lowest BCUT2D eigenvalue weighted by Crippen LogP contribution is -2.09. The predicted octanol–water partition coefficient (Wildman–Crippen LogP) is 1.88. The largest absolute Gasteiger partial charge is 0.383 e. The zero-order valence-electron chi connectivity index (χ0n) is 10.7. The Morgan fingerprint density at radius 1 is 1.50 bits per heavy atom. The zero-order chi connectivity index (χ0) is 14.5. The van der Waals surface area contributed by atoms with Crippen molar-refractivity contribution >= 4 is 39.5 Å². The minimum Gasteiger partial charge on any atom is -0.383 e. The maximum Gasteiger partial charge on any atom is 0.253 e. The monoisotopic (exact) mass is 356 g/mol. The van der Waals surface area contributed by atoms with Gasteiger partial charge in [-0.05, 0) is 34.1 Å². The molecule has 0 unspecified atom stereocenters. The van der Waals surface area contributed by atoms with Gasteiger partial charge in [-0.25, -0.2) is 15.0 Å². The number of rotatable bonds is 5. The molecule has 2 rings (SSSR count). The Morgan fingerprint density at radius 2 is 2.30 bits per heavy atom. The van der Waals surface area contributed by atoms with Crippen molar-refractivity contribution in [2.24, 2.45) is 0 Å². The first kappa shape index (κ1) is 14.8. The lowest BCUT2D eigenvalue weighted by molar-refractivity contribution is 0.917. The molecule has 0 atom stereocenters. The number of halogens is 1. The summed E-state index contributed by atoms with van der Waals surface area (Å²) < 4.78 is 0.717. The predicted molar refractivity (Wildman–Crippen MR) is 81.9 cm³/mol. The van der Waals surface area contributed by atoms with Gasteiger partial charge in [0.2, 0.25) is 5.95 Å². The Morgan fingerprint density at radius 3 is 3.00 bits per heavy atom. The molecule has 0 radical (unpaired) electrons. The Bertz CT molecular complexity index is 662. The molecule has 0 aliphatic rings. The summed E-state index contributed by atoms with van der Waals surface area (Å²) in [5.74, 6) is 0.703. The highest BCUT2D eigenvalue weighted by atomic mass is 79.9. The molecule has 0 aliphatic carbocycles. The van der Waals surface area contributed by atoms with Crippen LogP contribution in [0.3, 0.4) is 0 Å². The highest BCUT2D eigenvalue weighted by molar-refractivity contribution is 9.10. The van der Waals surface area contributed by atoms with E-state index in [4.69, 9.17) is 5.73 Å². The van der Waals surface area contributed by atoms with Crippen LogP contribution in [0, 0.1) is 0 Å². The van der Waals surface area contributed by atoms with E-state index in [9.17, 15) is 4.79 Å². The fourth-order valence-electron chi connectivity index (χ4n) is 1.34. The van der Waals surface area contributed by atoms with E-state index < -0.39 is 0 Å². The molecule has 0 spiro atoms. The van der Waals surface area contributed by atoms with Crippen LogP contribution in [0.25, 0.3) is 0 Å². The number of H-pyrrole nitrogens is 1. The summed E-state index contributed by atoms with van der Waals surface area (Å²) in [7, 11) is 0. The number of hydrogen-bond acceptors (Lipinski definition) is 7. The van der Waals surface area contributed by atoms with Crippen molar-refractivity contribution in [1.82, 2.24) is 19.9 Å². The standard InChI is InChI=1S/C11H13BrN6OS/c1-2-3-14-10-15-5-6(12)9(18-10)20-11-16-7(13)4-8(19)17-11/h4-5H,2-3H2,1H3,(H,14,15,18)(H3,13,16,17,19). The normalized spacial score (nSPS) is 10.5. The molecule has 2 aromatic rings. The number of aromatic nitrogens is 4. The van der Waals surface area contributed by atoms with Crippen LogP contribution in [0.15, 0.2) is 31.7 Å². The first-order chi connectivity index (χ1) is 9.58. The van der Waals surface area contributed by atoms with Crippen molar-refractivity contribution in [2.45, 2.75) is 23.5 Å². The van der Waals surface area contributed by atoms with Gasteiger partial charge in [0.15, 0.2) is 5.16 Å². The summed E-state index contributed by atoms with van der Waals surface area (Å²) >= 11 is 4.57. The molecule has 4 N–H and O–H groups in total. The van der Waals surface area contributed by atoms with Gasteiger partial charge >= 0.3 is 0 Å². The minimum absolute atomic E-state index is 0.172. The first-order valence-electron chi connectivity index (χ1n) is 5.89. The molecule has 0 saturated carbocycles. The fourth-order valence-corrected chi connectivity index (χ4v) is 2.54. The topological polar surface area (TPSA) is 110 Å². The highest BCUT2D eigenvalue weighted by Gasteiger charge is 2.09. The van der Waals surface area contributed by atoms with Crippen LogP contribution in [0.5, 0.6) is 0 Å². The van der Waals surface area contributed by atoms with Gasteiger partial charge in [0, 0.05) is 18.8 Å². The third kappa shape index (κ3) is 3.94. The number of nitrogen functional groups attached to an aromatic ring is 1. The molecule has 0 saturated heterocycles. The average molecular weight is 357 g/mol. The van der Waals surface area contributed by atoms with Crippen LogP contribution < -0.4 is 16.6 Å². The van der Waals surface area contributed by atoms with Crippen molar-refractivity contribution in [3.8, 4) is 0 Å². The summed E-state index contributed by atoms with van der Waals surface area (Å²) in [6.07, 6.45) is 2.63. The van der Waals surface area contributed by atoms with Gasteiger partial charge in [0.1, 0.15) is 10.8 Å². The molecule has 0 bridgehead atoms. The third-order valence-corrected chi connectivity index (χ3v) is 3.91. The Labute approximate surface area is 128 Å². The first-order valence-corrected chi connectivity index (χ1v) is 7.50. The van der Waals surface area contributed by atoms with Crippen LogP contribution in [-0.4, -0.2) is 26.5 Å². The van der Waals surface area contributed by atoms with Crippen molar-refractivity contribution in [2.75, 3.05) is 17.6 Å². The molecule has 2 aromatic heterocycles. The Kier molecular flexibility index (Phi) is 4.96. The number of nitrogens with two attached hydrogens (primary N) is 1. The minimum atomic E-state index is -0.297. The number of aromatic amines is 1. The molecule has 7 nitrogen and oxygen atoms in total. The lowest BCUT2D eigenvalue weighted by Gasteiger charge is -2.06. The molecule has 0 aliphatic heterocycles. The van der Waals surface area contributed by atoms with Crippen LogP contribution in [-0.2, 0) is 0 Å². The molecule has 106 valence electrons. The van der Waals surface area contributed by atoms with Gasteiger partial charge in [-0.2, -0.15) is 0 Å². The second-order valence-corrected chi connectivity index (χ2v) is 5.68. The van der Waals surface area contributed by atoms with Gasteiger partial charge in [-0.3, -0.25) is 4.79 Å². The van der Waals surface area contributed by atoms with E-state index in [0.717, 1.165) is 17.4 Å². The molecule has 0 amide bonds. The summed E-state index contributed by atoms with van der Waals surface area (Å²) in [6, 6.07) is 1.23. The average Bonchev–Trinajstić information content (AvgIpc) is 2.38. The van der Waals surface area contributed by atoms with Crippen LogP contribution >= 0.6 is 27.7 Å². The van der Waals surface area contributed by atoms with E-state index >= 15 is 0 Å². The van der Waals surface area contributed by atoms with Crippen molar-refractivity contribution in [3.63, 3.8) is 0 Å². The van der Waals surface area contributed by atoms with E-state index in [-0.39, 0.29) is 11.4 Å². The third-order valence-electron chi connectivity index (χ3n) is 2.18. The van der Waals surface area contributed by atoms with Gasteiger partial charge in [0.05, 0.1) is 4.47 Å². The smallest absolute Gasteiger partial charge is 0.253 e. The maximum absolute atomic E-state index is 11.3. The molecular formula is C11H13BrN6OS. The molecule has 20 heavy (non-hydrogen) atoms. The van der Waals surface area contributed by atoms with Gasteiger partial charge in [0.25, 0.3) is 5.56 Å². The Balaban J connectivity index is 2.25. The van der Waals surface area contributed by atoms with E-state index in [1.54, 1.807) is 6.20 Å². The molecular weight excluding hydrogens is 344 g/mol. The van der Waals surface area contributed by atoms with Crippen LogP contribution in [0.2, 0.25) is 0 Å². The van der Waals surface area contributed by atoms with Crippen molar-refractivity contribution in [1.29, 1.82) is 0 Å². The summed E-state index contributed by atoms with van der Waals surface area (Å²) in [4.78, 5) is 26.5. The van der Waals surface area contributed by atoms with Crippen LogP contribution in [0.4, 0.5) is 11.8 Å². The SMILES string of the molecule is CCCNc1ncc(Br)c(Sc2nc(N)cc(=O)[nH]2)n1. The zero-order valence-corrected chi connectivity index (χ0v) is 13.1. The van der Waals surface area contributed by atoms with E-state index in [1.807, 2.05) is 0 Å². The molecule has 0 fully saturated rings. The highest BCUT2D eigenvalue weighted by Crippen LogP contribution is 2.29. The quantitative estimate of drug-likeness (QED) is 0.554. The summed E-state index contributed by atoms with van der Waals surface area (Å²) in [6.45, 7) is 2.85. The van der Waals surface area contributed by atoms with E-state index in [0.29, 0.717) is 16.1 Å². The van der Waals surface area contributed by atoms with Crippen LogP contribution in [0.1, 0.15) is 13.3 Å².